The largest absolute Gasteiger partial charge is 0.456 e. The molecule has 0 heterocycles. The average molecular weight is 398 g/mol. The molecule has 0 aliphatic heterocycles. The SMILES string of the molecule is Cc1ccc(S(=O)(=O)Oc2ccc(C(F)C(F)(F)C(F)(F)F)cc2)cc1. The van der Waals surface area contributed by atoms with Gasteiger partial charge in [0.25, 0.3) is 0 Å². The van der Waals surface area contributed by atoms with Gasteiger partial charge in [-0.05, 0) is 36.8 Å². The maximum absolute atomic E-state index is 13.6. The van der Waals surface area contributed by atoms with Gasteiger partial charge >= 0.3 is 22.2 Å². The van der Waals surface area contributed by atoms with E-state index in [1.807, 2.05) is 0 Å². The molecule has 0 bridgehead atoms. The van der Waals surface area contributed by atoms with Gasteiger partial charge in [-0.1, -0.05) is 29.8 Å². The normalized spacial score (nSPS) is 14.1. The molecule has 1 unspecified atom stereocenters. The van der Waals surface area contributed by atoms with Crippen LogP contribution in [-0.2, 0) is 10.1 Å². The van der Waals surface area contributed by atoms with Gasteiger partial charge in [-0.25, -0.2) is 4.39 Å². The maximum Gasteiger partial charge on any atom is 0.456 e. The van der Waals surface area contributed by atoms with Crippen LogP contribution in [0.5, 0.6) is 5.75 Å². The minimum Gasteiger partial charge on any atom is -0.379 e. The Morgan fingerprint density at radius 3 is 1.85 bits per heavy atom. The molecule has 0 N–H and O–H groups in total. The molecule has 26 heavy (non-hydrogen) atoms. The van der Waals surface area contributed by atoms with E-state index in [0.717, 1.165) is 17.7 Å². The number of benzene rings is 2. The fraction of sp³-hybridized carbons (Fsp3) is 0.250. The zero-order valence-electron chi connectivity index (χ0n) is 13.1. The van der Waals surface area contributed by atoms with Crippen molar-refractivity contribution in [3.05, 3.63) is 59.7 Å². The Morgan fingerprint density at radius 1 is 0.885 bits per heavy atom. The quantitative estimate of drug-likeness (QED) is 0.528. The standard InChI is InChI=1S/C16H12F6O3S/c1-10-2-8-13(9-3-10)26(23,24)25-12-6-4-11(5-7-12)14(17)15(18,19)16(20,21)22/h2-9,14H,1H3. The second kappa shape index (κ2) is 6.82. The number of hydrogen-bond acceptors (Lipinski definition) is 3. The molecule has 0 fully saturated rings. The van der Waals surface area contributed by atoms with Gasteiger partial charge in [0, 0.05) is 0 Å². The zero-order chi connectivity index (χ0) is 19.8. The molecule has 2 aromatic carbocycles. The van der Waals surface area contributed by atoms with E-state index in [0.29, 0.717) is 12.1 Å². The molecule has 1 atom stereocenters. The van der Waals surface area contributed by atoms with Crippen LogP contribution in [0.1, 0.15) is 17.3 Å². The monoisotopic (exact) mass is 398 g/mol. The first-order valence-corrected chi connectivity index (χ1v) is 8.45. The first-order valence-electron chi connectivity index (χ1n) is 7.04. The minimum atomic E-state index is -6.06. The zero-order valence-corrected chi connectivity index (χ0v) is 13.9. The Kier molecular flexibility index (Phi) is 5.27. The molecule has 142 valence electrons. The lowest BCUT2D eigenvalue weighted by molar-refractivity contribution is -0.305. The summed E-state index contributed by atoms with van der Waals surface area (Å²) in [4.78, 5) is -0.181. The molecule has 0 saturated heterocycles. The molecule has 0 spiro atoms. The molecule has 2 rings (SSSR count). The van der Waals surface area contributed by atoms with Crippen LogP contribution in [0.4, 0.5) is 26.3 Å². The van der Waals surface area contributed by atoms with Crippen molar-refractivity contribution in [2.75, 3.05) is 0 Å². The summed E-state index contributed by atoms with van der Waals surface area (Å²) >= 11 is 0. The highest BCUT2D eigenvalue weighted by atomic mass is 32.2. The summed E-state index contributed by atoms with van der Waals surface area (Å²) in [6.07, 6.45) is -9.69. The van der Waals surface area contributed by atoms with Crippen LogP contribution >= 0.6 is 0 Å². The molecular formula is C16H12F6O3S. The van der Waals surface area contributed by atoms with Gasteiger partial charge in [-0.2, -0.15) is 30.4 Å². The molecule has 3 nitrogen and oxygen atoms in total. The highest BCUT2D eigenvalue weighted by Gasteiger charge is 2.63. The van der Waals surface area contributed by atoms with Crippen LogP contribution in [0.15, 0.2) is 53.4 Å². The summed E-state index contributed by atoms with van der Waals surface area (Å²) in [5.41, 5.74) is -0.166. The molecule has 0 aromatic heterocycles. The molecule has 0 aliphatic carbocycles. The van der Waals surface area contributed by atoms with Crippen molar-refractivity contribution in [2.24, 2.45) is 0 Å². The second-order valence-electron chi connectivity index (χ2n) is 5.40. The van der Waals surface area contributed by atoms with Crippen molar-refractivity contribution >= 4 is 10.1 Å². The first kappa shape index (κ1) is 20.1. The van der Waals surface area contributed by atoms with Gasteiger partial charge < -0.3 is 4.18 Å². The smallest absolute Gasteiger partial charge is 0.379 e. The van der Waals surface area contributed by atoms with E-state index in [4.69, 9.17) is 4.18 Å². The van der Waals surface area contributed by atoms with Gasteiger partial charge in [0.05, 0.1) is 0 Å². The van der Waals surface area contributed by atoms with Crippen LogP contribution in [0, 0.1) is 6.92 Å². The Balaban J connectivity index is 2.21. The van der Waals surface area contributed by atoms with Crippen molar-refractivity contribution in [1.29, 1.82) is 0 Å². The predicted molar refractivity (Wildman–Crippen MR) is 80.3 cm³/mol. The average Bonchev–Trinajstić information content (AvgIpc) is 2.54. The molecule has 0 saturated carbocycles. The van der Waals surface area contributed by atoms with E-state index in [1.54, 1.807) is 6.92 Å². The Bertz CT molecular complexity index is 858. The molecule has 0 amide bonds. The summed E-state index contributed by atoms with van der Waals surface area (Å²) in [7, 11) is -4.24. The van der Waals surface area contributed by atoms with Crippen molar-refractivity contribution in [3.63, 3.8) is 0 Å². The predicted octanol–water partition coefficient (Wildman–Crippen LogP) is 4.97. The van der Waals surface area contributed by atoms with E-state index in [2.05, 4.69) is 0 Å². The number of rotatable bonds is 5. The van der Waals surface area contributed by atoms with Crippen molar-refractivity contribution < 1.29 is 38.9 Å². The number of aryl methyl sites for hydroxylation is 1. The van der Waals surface area contributed by atoms with Crippen molar-refractivity contribution in [1.82, 2.24) is 0 Å². The topological polar surface area (TPSA) is 43.4 Å². The molecule has 0 aliphatic rings. The maximum atomic E-state index is 13.6. The fourth-order valence-corrected chi connectivity index (χ4v) is 2.86. The van der Waals surface area contributed by atoms with Gasteiger partial charge in [0.2, 0.25) is 0 Å². The van der Waals surface area contributed by atoms with Gasteiger partial charge in [-0.3, -0.25) is 0 Å². The van der Waals surface area contributed by atoms with Crippen LogP contribution in [-0.4, -0.2) is 20.5 Å². The summed E-state index contributed by atoms with van der Waals surface area (Å²) in [5.74, 6) is -5.94. The van der Waals surface area contributed by atoms with E-state index < -0.39 is 34.0 Å². The van der Waals surface area contributed by atoms with Gasteiger partial charge in [0.15, 0.2) is 6.17 Å². The van der Waals surface area contributed by atoms with Crippen LogP contribution in [0.2, 0.25) is 0 Å². The third kappa shape index (κ3) is 4.12. The highest BCUT2D eigenvalue weighted by Crippen LogP contribution is 2.46. The van der Waals surface area contributed by atoms with Crippen LogP contribution in [0.25, 0.3) is 0 Å². The third-order valence-corrected chi connectivity index (χ3v) is 4.65. The Hall–Kier alpha value is -2.23. The second-order valence-corrected chi connectivity index (χ2v) is 6.95. The summed E-state index contributed by atoms with van der Waals surface area (Å²) < 4.78 is 105. The van der Waals surface area contributed by atoms with E-state index in [9.17, 15) is 34.8 Å². The summed E-state index contributed by atoms with van der Waals surface area (Å²) in [6.45, 7) is 1.74. The van der Waals surface area contributed by atoms with Crippen molar-refractivity contribution in [2.45, 2.75) is 30.1 Å². The number of alkyl halides is 6. The third-order valence-electron chi connectivity index (χ3n) is 3.38. The number of hydrogen-bond donors (Lipinski definition) is 0. The van der Waals surface area contributed by atoms with Crippen LogP contribution in [0.3, 0.4) is 0 Å². The molecular weight excluding hydrogens is 386 g/mol. The lowest BCUT2D eigenvalue weighted by Crippen LogP contribution is -2.40. The first-order chi connectivity index (χ1) is 11.8. The van der Waals surface area contributed by atoms with Crippen LogP contribution < -0.4 is 4.18 Å². The Labute approximate surface area is 145 Å². The van der Waals surface area contributed by atoms with Crippen molar-refractivity contribution in [3.8, 4) is 5.75 Å². The van der Waals surface area contributed by atoms with Gasteiger partial charge in [-0.15, -0.1) is 0 Å². The van der Waals surface area contributed by atoms with E-state index in [-0.39, 0.29) is 10.6 Å². The molecule has 10 heteroatoms. The van der Waals surface area contributed by atoms with E-state index in [1.165, 1.54) is 24.3 Å². The van der Waals surface area contributed by atoms with Gasteiger partial charge in [0.1, 0.15) is 10.6 Å². The Morgan fingerprint density at radius 2 is 1.38 bits per heavy atom. The van der Waals surface area contributed by atoms with E-state index >= 15 is 0 Å². The lowest BCUT2D eigenvalue weighted by Gasteiger charge is -2.23. The molecule has 0 radical (unpaired) electrons. The summed E-state index contributed by atoms with van der Waals surface area (Å²) in [6, 6.07) is 8.38. The number of halogens is 6. The minimum absolute atomic E-state index is 0.181. The lowest BCUT2D eigenvalue weighted by atomic mass is 10.0. The fourth-order valence-electron chi connectivity index (χ4n) is 1.93. The molecule has 2 aromatic rings. The highest BCUT2D eigenvalue weighted by molar-refractivity contribution is 7.87. The summed E-state index contributed by atoms with van der Waals surface area (Å²) in [5, 5.41) is 0.